The second-order valence-electron chi connectivity index (χ2n) is 7.86. The highest BCUT2D eigenvalue weighted by atomic mass is 32.2. The number of benzene rings is 1. The molecule has 4 rings (SSSR count). The van der Waals surface area contributed by atoms with Gasteiger partial charge in [0, 0.05) is 28.5 Å². The van der Waals surface area contributed by atoms with Gasteiger partial charge in [-0.2, -0.15) is 0 Å². The van der Waals surface area contributed by atoms with Crippen LogP contribution in [0.1, 0.15) is 11.3 Å². The highest BCUT2D eigenvalue weighted by molar-refractivity contribution is 7.94. The van der Waals surface area contributed by atoms with Crippen molar-refractivity contribution in [3.8, 4) is 11.5 Å². The Morgan fingerprint density at radius 3 is 2.51 bits per heavy atom. The fourth-order valence-corrected chi connectivity index (χ4v) is 4.95. The molecule has 1 atom stereocenters. The summed E-state index contributed by atoms with van der Waals surface area (Å²) in [5.41, 5.74) is 0.906. The normalized spacial score (nSPS) is 16.1. The first-order chi connectivity index (χ1) is 16.7. The molecule has 1 amide bonds. The number of rotatable bonds is 7. The van der Waals surface area contributed by atoms with Crippen molar-refractivity contribution in [3.63, 3.8) is 0 Å². The molecule has 0 saturated carbocycles. The summed E-state index contributed by atoms with van der Waals surface area (Å²) in [6, 6.07) is 13.0. The molecule has 1 aromatic carbocycles. The molecule has 2 aromatic heterocycles. The van der Waals surface area contributed by atoms with Gasteiger partial charge in [0.05, 0.1) is 18.2 Å². The van der Waals surface area contributed by atoms with Gasteiger partial charge >= 0.3 is 5.97 Å². The second kappa shape index (κ2) is 10.0. The third-order valence-electron chi connectivity index (χ3n) is 5.35. The van der Waals surface area contributed by atoms with E-state index in [0.717, 1.165) is 5.41 Å². The number of para-hydroxylation sites is 1. The van der Waals surface area contributed by atoms with Crippen LogP contribution in [0.2, 0.25) is 0 Å². The lowest BCUT2D eigenvalue weighted by molar-refractivity contribution is -0.147. The fraction of sp³-hybridized carbons (Fsp3) is 0.208. The Kier molecular flexibility index (Phi) is 6.87. The van der Waals surface area contributed by atoms with Crippen molar-refractivity contribution in [2.24, 2.45) is 0 Å². The molecule has 0 bridgehead atoms. The minimum atomic E-state index is -3.42. The molecular formula is C24H22N4O6S. The number of carbonyl (C=O) groups is 2. The van der Waals surface area contributed by atoms with E-state index < -0.39 is 39.9 Å². The molecule has 1 aliphatic heterocycles. The fourth-order valence-electron chi connectivity index (χ4n) is 3.68. The minimum absolute atomic E-state index is 0.117. The molecular weight excluding hydrogens is 472 g/mol. The Labute approximate surface area is 201 Å². The minimum Gasteiger partial charge on any atom is -0.455 e. The molecule has 0 radical (unpaired) electrons. The Morgan fingerprint density at radius 1 is 1.14 bits per heavy atom. The van der Waals surface area contributed by atoms with Crippen LogP contribution >= 0.6 is 0 Å². The SMILES string of the molecule is Cc1nc(-c2ccccn2)[nH]c(=O)c1CC(=O)OCC(=O)N(c1ccccc1)[C@@H]1C=CS(=O)(=O)C1. The van der Waals surface area contributed by atoms with Crippen LogP contribution in [0.4, 0.5) is 5.69 Å². The molecule has 0 saturated heterocycles. The number of aromatic amines is 1. The van der Waals surface area contributed by atoms with Crippen molar-refractivity contribution in [2.75, 3.05) is 17.3 Å². The summed E-state index contributed by atoms with van der Waals surface area (Å²) in [5.74, 6) is -1.37. The van der Waals surface area contributed by atoms with E-state index in [1.54, 1.807) is 61.7 Å². The molecule has 0 spiro atoms. The third kappa shape index (κ3) is 5.69. The Bertz CT molecular complexity index is 1440. The molecule has 180 valence electrons. The summed E-state index contributed by atoms with van der Waals surface area (Å²) in [6.07, 6.45) is 2.62. The van der Waals surface area contributed by atoms with Gasteiger partial charge in [-0.15, -0.1) is 0 Å². The molecule has 1 aliphatic rings. The van der Waals surface area contributed by atoms with Crippen molar-refractivity contribution in [3.05, 3.63) is 87.8 Å². The van der Waals surface area contributed by atoms with Crippen LogP contribution in [0.15, 0.2) is 71.0 Å². The van der Waals surface area contributed by atoms with Gasteiger partial charge in [-0.3, -0.25) is 19.4 Å². The van der Waals surface area contributed by atoms with Gasteiger partial charge in [0.1, 0.15) is 5.69 Å². The van der Waals surface area contributed by atoms with Crippen molar-refractivity contribution in [1.29, 1.82) is 0 Å². The maximum absolute atomic E-state index is 13.0. The maximum Gasteiger partial charge on any atom is 0.311 e. The third-order valence-corrected chi connectivity index (χ3v) is 6.73. The van der Waals surface area contributed by atoms with Gasteiger partial charge < -0.3 is 14.6 Å². The highest BCUT2D eigenvalue weighted by Crippen LogP contribution is 2.23. The number of aryl methyl sites for hydroxylation is 1. The second-order valence-corrected chi connectivity index (χ2v) is 9.79. The standard InChI is InChI=1S/C24H22N4O6S/c1-16-19(24(31)27-23(26-16)20-9-5-6-11-25-20)13-22(30)34-14-21(29)28(17-7-3-2-4-8-17)18-10-12-35(32,33)15-18/h2-12,18H,13-15H2,1H3,(H,26,27,31)/t18-/m1/s1. The lowest BCUT2D eigenvalue weighted by Gasteiger charge is -2.27. The maximum atomic E-state index is 13.0. The molecule has 10 nitrogen and oxygen atoms in total. The Morgan fingerprint density at radius 2 is 1.89 bits per heavy atom. The lowest BCUT2D eigenvalue weighted by atomic mass is 10.1. The molecule has 0 unspecified atom stereocenters. The quantitative estimate of drug-likeness (QED) is 0.488. The Balaban J connectivity index is 1.45. The molecule has 1 N–H and O–H groups in total. The molecule has 35 heavy (non-hydrogen) atoms. The lowest BCUT2D eigenvalue weighted by Crippen LogP contribution is -2.43. The number of hydrogen-bond acceptors (Lipinski definition) is 8. The van der Waals surface area contributed by atoms with Crippen molar-refractivity contribution in [2.45, 2.75) is 19.4 Å². The van der Waals surface area contributed by atoms with Crippen LogP contribution in [-0.4, -0.2) is 53.6 Å². The van der Waals surface area contributed by atoms with Crippen LogP contribution in [0.25, 0.3) is 11.5 Å². The zero-order chi connectivity index (χ0) is 25.0. The van der Waals surface area contributed by atoms with E-state index in [9.17, 15) is 22.8 Å². The number of hydrogen-bond donors (Lipinski definition) is 1. The molecule has 0 fully saturated rings. The predicted octanol–water partition coefficient (Wildman–Crippen LogP) is 1.57. The summed E-state index contributed by atoms with van der Waals surface area (Å²) in [5, 5.41) is 1.07. The first-order valence-corrected chi connectivity index (χ1v) is 12.4. The number of esters is 1. The summed E-state index contributed by atoms with van der Waals surface area (Å²) < 4.78 is 28.9. The molecule has 0 aliphatic carbocycles. The number of nitrogens with zero attached hydrogens (tertiary/aromatic N) is 3. The smallest absolute Gasteiger partial charge is 0.311 e. The summed E-state index contributed by atoms with van der Waals surface area (Å²) >= 11 is 0. The van der Waals surface area contributed by atoms with Crippen LogP contribution in [0.5, 0.6) is 0 Å². The first kappa shape index (κ1) is 24.0. The van der Waals surface area contributed by atoms with E-state index in [1.165, 1.54) is 11.0 Å². The highest BCUT2D eigenvalue weighted by Gasteiger charge is 2.32. The van der Waals surface area contributed by atoms with Crippen molar-refractivity contribution in [1.82, 2.24) is 15.0 Å². The largest absolute Gasteiger partial charge is 0.455 e. The number of carbonyl (C=O) groups excluding carboxylic acids is 2. The number of anilines is 1. The number of aromatic nitrogens is 3. The van der Waals surface area contributed by atoms with Crippen molar-refractivity contribution < 1.29 is 22.7 Å². The van der Waals surface area contributed by atoms with Gasteiger partial charge in [0.15, 0.2) is 22.3 Å². The summed E-state index contributed by atoms with van der Waals surface area (Å²) in [6.45, 7) is 0.980. The van der Waals surface area contributed by atoms with E-state index in [0.29, 0.717) is 17.1 Å². The number of nitrogens with one attached hydrogen (secondary N) is 1. The summed E-state index contributed by atoms with van der Waals surface area (Å²) in [7, 11) is -3.42. The number of H-pyrrole nitrogens is 1. The number of amides is 1. The average Bonchev–Trinajstić information content (AvgIpc) is 3.20. The van der Waals surface area contributed by atoms with Gasteiger partial charge in [0.25, 0.3) is 11.5 Å². The van der Waals surface area contributed by atoms with Gasteiger partial charge in [0.2, 0.25) is 0 Å². The number of ether oxygens (including phenoxy) is 1. The number of pyridine rings is 1. The zero-order valence-corrected chi connectivity index (χ0v) is 19.6. The monoisotopic (exact) mass is 494 g/mol. The van der Waals surface area contributed by atoms with E-state index in [4.69, 9.17) is 4.74 Å². The van der Waals surface area contributed by atoms with Crippen LogP contribution in [0, 0.1) is 6.92 Å². The summed E-state index contributed by atoms with van der Waals surface area (Å²) in [4.78, 5) is 50.4. The van der Waals surface area contributed by atoms with E-state index in [-0.39, 0.29) is 23.6 Å². The van der Waals surface area contributed by atoms with E-state index >= 15 is 0 Å². The van der Waals surface area contributed by atoms with E-state index in [2.05, 4.69) is 15.0 Å². The molecule has 11 heteroatoms. The zero-order valence-electron chi connectivity index (χ0n) is 18.7. The Hall–Kier alpha value is -4.12. The molecule has 3 aromatic rings. The van der Waals surface area contributed by atoms with Crippen LogP contribution in [0.3, 0.4) is 0 Å². The average molecular weight is 495 g/mol. The van der Waals surface area contributed by atoms with Gasteiger partial charge in [-0.25, -0.2) is 13.4 Å². The van der Waals surface area contributed by atoms with Gasteiger partial charge in [-0.1, -0.05) is 24.3 Å². The van der Waals surface area contributed by atoms with Crippen molar-refractivity contribution >= 4 is 27.4 Å². The molecule has 3 heterocycles. The van der Waals surface area contributed by atoms with E-state index in [1.807, 2.05) is 0 Å². The van der Waals surface area contributed by atoms with Crippen LogP contribution in [-0.2, 0) is 30.6 Å². The van der Waals surface area contributed by atoms with Gasteiger partial charge in [-0.05, 0) is 37.3 Å². The first-order valence-electron chi connectivity index (χ1n) is 10.7. The van der Waals surface area contributed by atoms with Crippen LogP contribution < -0.4 is 10.5 Å². The topological polar surface area (TPSA) is 139 Å². The number of sulfone groups is 1. The predicted molar refractivity (Wildman–Crippen MR) is 128 cm³/mol.